The Morgan fingerprint density at radius 1 is 1.24 bits per heavy atom. The maximum atomic E-state index is 15.9. The van der Waals surface area contributed by atoms with E-state index < -0.39 is 29.2 Å². The van der Waals surface area contributed by atoms with Crippen molar-refractivity contribution < 1.29 is 28.2 Å². The minimum atomic E-state index is -1.87. The summed E-state index contributed by atoms with van der Waals surface area (Å²) in [7, 11) is 0. The van der Waals surface area contributed by atoms with Gasteiger partial charge in [0.2, 0.25) is 5.91 Å². The average molecular weight is 640 g/mol. The first-order chi connectivity index (χ1) is 21.7. The Hall–Kier alpha value is -4.03. The van der Waals surface area contributed by atoms with Crippen LogP contribution in [0, 0.1) is 5.92 Å². The number of fused-ring (bicyclic) bond motifs is 3. The number of aromatic nitrogens is 3. The lowest BCUT2D eigenvalue weighted by molar-refractivity contribution is -0.138. The molecular weight excluding hydrogens is 605 g/mol. The van der Waals surface area contributed by atoms with Crippen LogP contribution in [0.4, 0.5) is 10.2 Å². The number of carboxylic acids is 1. The number of para-hydroxylation sites is 1. The number of aryl methyl sites for hydroxylation is 1. The molecule has 2 aliphatic rings. The van der Waals surface area contributed by atoms with E-state index in [1.807, 2.05) is 24.3 Å². The van der Waals surface area contributed by atoms with Gasteiger partial charge in [-0.15, -0.1) is 0 Å². The summed E-state index contributed by atoms with van der Waals surface area (Å²) < 4.78 is 27.8. The van der Waals surface area contributed by atoms with E-state index in [2.05, 4.69) is 4.98 Å². The number of furan rings is 1. The number of benzene rings is 1. The van der Waals surface area contributed by atoms with Gasteiger partial charge in [-0.05, 0) is 37.5 Å². The number of piperidine rings is 1. The van der Waals surface area contributed by atoms with Gasteiger partial charge in [-0.2, -0.15) is 0 Å². The fourth-order valence-corrected chi connectivity index (χ4v) is 6.62. The second kappa shape index (κ2) is 12.8. The van der Waals surface area contributed by atoms with Crippen LogP contribution in [-0.2, 0) is 26.4 Å². The minimum absolute atomic E-state index is 0.00345. The van der Waals surface area contributed by atoms with Crippen molar-refractivity contribution in [3.05, 3.63) is 63.3 Å². The van der Waals surface area contributed by atoms with E-state index in [1.165, 1.54) is 12.3 Å². The van der Waals surface area contributed by atoms with E-state index in [0.717, 1.165) is 11.8 Å². The number of hydrogen-bond acceptors (Lipinski definition) is 8. The van der Waals surface area contributed by atoms with Crippen molar-refractivity contribution in [2.75, 3.05) is 37.7 Å². The number of amides is 1. The van der Waals surface area contributed by atoms with Gasteiger partial charge in [0.05, 0.1) is 23.6 Å². The number of anilines is 1. The number of pyridine rings is 1. The highest BCUT2D eigenvalue weighted by atomic mass is 35.5. The molecule has 0 saturated carbocycles. The van der Waals surface area contributed by atoms with E-state index in [-0.39, 0.29) is 49.0 Å². The maximum Gasteiger partial charge on any atom is 0.326 e. The summed E-state index contributed by atoms with van der Waals surface area (Å²) in [6, 6.07) is 8.25. The van der Waals surface area contributed by atoms with Gasteiger partial charge in [-0.3, -0.25) is 9.59 Å². The number of carbonyl (C=O) groups is 2. The molecule has 13 heteroatoms. The van der Waals surface area contributed by atoms with Crippen molar-refractivity contribution in [2.24, 2.45) is 5.92 Å². The zero-order chi connectivity index (χ0) is 31.7. The molecule has 1 amide bonds. The molecule has 2 N–H and O–H groups in total. The van der Waals surface area contributed by atoms with Crippen LogP contribution in [0.15, 0.2) is 45.7 Å². The summed E-state index contributed by atoms with van der Waals surface area (Å²) in [5.74, 6) is -0.547. The highest BCUT2D eigenvalue weighted by Gasteiger charge is 2.45. The van der Waals surface area contributed by atoms with Gasteiger partial charge in [-0.25, -0.2) is 19.2 Å². The SMILES string of the molecule is C[C@H]1CN(C(=O)CCOCCCc2nc(N3CCC[C@H]3C(=O)O)c3oc4ccccc4c3n2)CC[C@]1(F)c1cc(Cl)c[nH]c1=O. The predicted molar refractivity (Wildman–Crippen MR) is 166 cm³/mol. The molecular formula is C32H35ClFN5O6. The van der Waals surface area contributed by atoms with Crippen LogP contribution in [0.5, 0.6) is 0 Å². The molecule has 2 saturated heterocycles. The van der Waals surface area contributed by atoms with Crippen molar-refractivity contribution >= 4 is 51.4 Å². The number of nitrogens with one attached hydrogen (secondary N) is 1. The molecule has 45 heavy (non-hydrogen) atoms. The lowest BCUT2D eigenvalue weighted by Gasteiger charge is -2.41. The van der Waals surface area contributed by atoms with Crippen LogP contribution in [-0.4, -0.2) is 75.7 Å². The Morgan fingerprint density at radius 3 is 2.87 bits per heavy atom. The van der Waals surface area contributed by atoms with E-state index in [9.17, 15) is 19.5 Å². The molecule has 2 aliphatic heterocycles. The van der Waals surface area contributed by atoms with E-state index in [1.54, 1.807) is 16.7 Å². The molecule has 0 spiro atoms. The third-order valence-electron chi connectivity index (χ3n) is 8.90. The summed E-state index contributed by atoms with van der Waals surface area (Å²) in [6.07, 6.45) is 3.86. The van der Waals surface area contributed by atoms with E-state index in [4.69, 9.17) is 30.7 Å². The Bertz CT molecular complexity index is 1800. The fraction of sp³-hybridized carbons (Fsp3) is 0.469. The second-order valence-electron chi connectivity index (χ2n) is 11.8. The van der Waals surface area contributed by atoms with Crippen molar-refractivity contribution in [3.8, 4) is 0 Å². The van der Waals surface area contributed by atoms with Crippen LogP contribution < -0.4 is 10.5 Å². The van der Waals surface area contributed by atoms with Crippen molar-refractivity contribution in [1.82, 2.24) is 19.9 Å². The zero-order valence-corrected chi connectivity index (χ0v) is 25.7. The quantitative estimate of drug-likeness (QED) is 0.233. The van der Waals surface area contributed by atoms with Gasteiger partial charge in [0.1, 0.15) is 28.6 Å². The third kappa shape index (κ3) is 6.13. The van der Waals surface area contributed by atoms with E-state index >= 15 is 4.39 Å². The molecule has 0 radical (unpaired) electrons. The molecule has 2 fully saturated rings. The lowest BCUT2D eigenvalue weighted by Crippen LogP contribution is -2.50. The number of hydrogen-bond donors (Lipinski definition) is 2. The number of nitrogens with zero attached hydrogens (tertiary/aromatic N) is 4. The molecule has 4 aromatic rings. The number of H-pyrrole nitrogens is 1. The number of aliphatic carboxylic acids is 1. The lowest BCUT2D eigenvalue weighted by atomic mass is 9.79. The van der Waals surface area contributed by atoms with Gasteiger partial charge in [-0.1, -0.05) is 30.7 Å². The minimum Gasteiger partial charge on any atom is -0.480 e. The van der Waals surface area contributed by atoms with Crippen LogP contribution >= 0.6 is 11.6 Å². The first-order valence-corrected chi connectivity index (χ1v) is 15.6. The highest BCUT2D eigenvalue weighted by Crippen LogP contribution is 2.40. The summed E-state index contributed by atoms with van der Waals surface area (Å²) >= 11 is 5.99. The number of likely N-dealkylation sites (tertiary alicyclic amines) is 1. The molecule has 0 bridgehead atoms. The summed E-state index contributed by atoms with van der Waals surface area (Å²) in [4.78, 5) is 52.5. The number of alkyl halides is 1. The van der Waals surface area contributed by atoms with Crippen molar-refractivity contribution in [2.45, 2.75) is 57.2 Å². The summed E-state index contributed by atoms with van der Waals surface area (Å²) in [6.45, 7) is 3.22. The Kier molecular flexibility index (Phi) is 8.78. The van der Waals surface area contributed by atoms with Gasteiger partial charge in [0.25, 0.3) is 5.56 Å². The normalized spacial score (nSPS) is 22.0. The van der Waals surface area contributed by atoms with Gasteiger partial charge >= 0.3 is 5.97 Å². The molecule has 6 rings (SSSR count). The van der Waals surface area contributed by atoms with Gasteiger partial charge in [0, 0.05) is 56.6 Å². The molecule has 3 aromatic heterocycles. The second-order valence-corrected chi connectivity index (χ2v) is 12.2. The first-order valence-electron chi connectivity index (χ1n) is 15.3. The standard InChI is InChI=1S/C32H35ClFN5O6/c1-19-18-38(13-11-32(19,34)22-16-20(33)17-35-30(22)41)26(40)10-15-44-14-5-9-25-36-27-21-6-2-3-8-24(21)45-28(27)29(37-25)39-12-4-7-23(39)31(42)43/h2-3,6,8,16-17,19,23H,4-5,7,9-15,18H2,1H3,(H,35,41)(H,42,43)/t19-,23-,32+/m0/s1. The molecule has 0 unspecified atom stereocenters. The zero-order valence-electron chi connectivity index (χ0n) is 24.9. The Morgan fingerprint density at radius 2 is 2.07 bits per heavy atom. The predicted octanol–water partition coefficient (Wildman–Crippen LogP) is 4.84. The molecule has 5 heterocycles. The Balaban J connectivity index is 1.04. The number of rotatable bonds is 10. The van der Waals surface area contributed by atoms with Crippen molar-refractivity contribution in [1.29, 1.82) is 0 Å². The Labute approximate surface area is 263 Å². The average Bonchev–Trinajstić information content (AvgIpc) is 3.67. The van der Waals surface area contributed by atoms with Gasteiger partial charge in [0.15, 0.2) is 11.4 Å². The van der Waals surface area contributed by atoms with Crippen molar-refractivity contribution in [3.63, 3.8) is 0 Å². The fourth-order valence-electron chi connectivity index (χ4n) is 6.46. The smallest absolute Gasteiger partial charge is 0.326 e. The third-order valence-corrected chi connectivity index (χ3v) is 9.12. The molecule has 0 aliphatic carbocycles. The molecule has 238 valence electrons. The summed E-state index contributed by atoms with van der Waals surface area (Å²) in [5.41, 5.74) is -0.584. The highest BCUT2D eigenvalue weighted by molar-refractivity contribution is 6.30. The van der Waals surface area contributed by atoms with Crippen LogP contribution in [0.3, 0.4) is 0 Å². The maximum absolute atomic E-state index is 15.9. The number of halogens is 2. The number of aromatic amines is 1. The van der Waals surface area contributed by atoms with Crippen LogP contribution in [0.2, 0.25) is 5.02 Å². The van der Waals surface area contributed by atoms with Crippen LogP contribution in [0.1, 0.15) is 50.4 Å². The monoisotopic (exact) mass is 639 g/mol. The van der Waals surface area contributed by atoms with E-state index in [0.29, 0.717) is 60.7 Å². The van der Waals surface area contributed by atoms with Crippen LogP contribution in [0.25, 0.3) is 22.1 Å². The largest absolute Gasteiger partial charge is 0.480 e. The molecule has 11 nitrogen and oxygen atoms in total. The summed E-state index contributed by atoms with van der Waals surface area (Å²) in [5, 5.41) is 10.9. The number of carboxylic acid groups (broad SMARTS) is 1. The van der Waals surface area contributed by atoms with Gasteiger partial charge < -0.3 is 29.0 Å². The molecule has 1 aromatic carbocycles. The molecule has 3 atom stereocenters. The topological polar surface area (TPSA) is 142 Å². The number of ether oxygens (including phenoxy) is 1. The number of carbonyl (C=O) groups excluding carboxylic acids is 1. The first kappa shape index (κ1) is 31.0.